The molecule has 1 saturated heterocycles. The Morgan fingerprint density at radius 3 is 1.83 bits per heavy atom. The SMILES string of the molecule is CO/N=C(\C(=O)NC1C(=O)N2C(C(=O)OC(c3ccccc3)c3ccccc3)=C(CCl)CSC12)c1csc(NC(c2ccccc2)(c2ccccc2)c2ccccc2)n1. The number of thiazole rings is 1. The van der Waals surface area contributed by atoms with Crippen LogP contribution in [0, 0.1) is 0 Å². The molecule has 1 aromatic heterocycles. The quantitative estimate of drug-likeness (QED) is 0.0282. The van der Waals surface area contributed by atoms with Crippen LogP contribution in [-0.4, -0.2) is 63.5 Å². The van der Waals surface area contributed by atoms with E-state index in [-0.39, 0.29) is 23.0 Å². The van der Waals surface area contributed by atoms with Crippen molar-refractivity contribution in [2.75, 3.05) is 24.1 Å². The maximum atomic E-state index is 14.1. The van der Waals surface area contributed by atoms with Crippen molar-refractivity contribution in [2.24, 2.45) is 5.16 Å². The Bertz CT molecular complexity index is 2350. The Labute approximate surface area is 354 Å². The summed E-state index contributed by atoms with van der Waals surface area (Å²) >= 11 is 9.07. The maximum absolute atomic E-state index is 14.1. The summed E-state index contributed by atoms with van der Waals surface area (Å²) < 4.78 is 6.17. The highest BCUT2D eigenvalue weighted by atomic mass is 35.5. The van der Waals surface area contributed by atoms with Crippen molar-refractivity contribution in [1.29, 1.82) is 0 Å². The minimum atomic E-state index is -0.966. The number of amides is 2. The summed E-state index contributed by atoms with van der Waals surface area (Å²) in [5.41, 5.74) is 4.46. The first kappa shape index (κ1) is 39.6. The first-order valence-corrected chi connectivity index (χ1v) is 21.3. The summed E-state index contributed by atoms with van der Waals surface area (Å²) in [7, 11) is 1.34. The molecule has 0 aliphatic carbocycles. The summed E-state index contributed by atoms with van der Waals surface area (Å²) in [4.78, 5) is 53.4. The van der Waals surface area contributed by atoms with Gasteiger partial charge >= 0.3 is 5.97 Å². The third-order valence-electron chi connectivity index (χ3n) is 10.2. The van der Waals surface area contributed by atoms with Crippen LogP contribution >= 0.6 is 34.7 Å². The number of fused-ring (bicyclic) bond motifs is 1. The van der Waals surface area contributed by atoms with Gasteiger partial charge in [-0.3, -0.25) is 14.5 Å². The van der Waals surface area contributed by atoms with E-state index in [0.29, 0.717) is 16.5 Å². The van der Waals surface area contributed by atoms with Gasteiger partial charge in [0.1, 0.15) is 35.5 Å². The summed E-state index contributed by atoms with van der Waals surface area (Å²) in [5.74, 6) is -1.42. The van der Waals surface area contributed by atoms with Crippen LogP contribution in [0.3, 0.4) is 0 Å². The van der Waals surface area contributed by atoms with Crippen LogP contribution in [0.2, 0.25) is 0 Å². The van der Waals surface area contributed by atoms with E-state index in [2.05, 4.69) is 52.2 Å². The largest absolute Gasteiger partial charge is 0.448 e. The van der Waals surface area contributed by atoms with Crippen molar-refractivity contribution in [3.8, 4) is 0 Å². The van der Waals surface area contributed by atoms with Gasteiger partial charge in [-0.05, 0) is 33.4 Å². The Kier molecular flexibility index (Phi) is 11.9. The average molecular weight is 840 g/mol. The molecule has 3 heterocycles. The number of hydrogen-bond donors (Lipinski definition) is 2. The van der Waals surface area contributed by atoms with E-state index in [0.717, 1.165) is 27.8 Å². The monoisotopic (exact) mass is 839 g/mol. The van der Waals surface area contributed by atoms with Gasteiger partial charge in [-0.15, -0.1) is 34.7 Å². The predicted molar refractivity (Wildman–Crippen MR) is 232 cm³/mol. The molecule has 5 aromatic carbocycles. The lowest BCUT2D eigenvalue weighted by molar-refractivity contribution is -0.154. The van der Waals surface area contributed by atoms with Crippen LogP contribution in [0.5, 0.6) is 0 Å². The van der Waals surface area contributed by atoms with Crippen molar-refractivity contribution in [3.63, 3.8) is 0 Å². The highest BCUT2D eigenvalue weighted by molar-refractivity contribution is 8.00. The van der Waals surface area contributed by atoms with Gasteiger partial charge in [-0.1, -0.05) is 157 Å². The predicted octanol–water partition coefficient (Wildman–Crippen LogP) is 8.12. The fourth-order valence-corrected chi connectivity index (χ4v) is 9.84. The van der Waals surface area contributed by atoms with E-state index < -0.39 is 40.8 Å². The molecule has 2 unspecified atom stereocenters. The third kappa shape index (κ3) is 7.86. The number of carbonyl (C=O) groups is 3. The lowest BCUT2D eigenvalue weighted by Crippen LogP contribution is -2.71. The molecular formula is C46H38ClN5O5S2. The molecule has 0 bridgehead atoms. The molecule has 10 nitrogen and oxygen atoms in total. The number of hydrogen-bond acceptors (Lipinski definition) is 10. The fourth-order valence-electron chi connectivity index (χ4n) is 7.41. The Hall–Kier alpha value is -6.21. The second kappa shape index (κ2) is 17.7. The number of carbonyl (C=O) groups excluding carboxylic acids is 3. The summed E-state index contributed by atoms with van der Waals surface area (Å²) in [5, 5.41) is 12.3. The van der Waals surface area contributed by atoms with Crippen molar-refractivity contribution in [2.45, 2.75) is 23.1 Å². The van der Waals surface area contributed by atoms with E-state index in [1.807, 2.05) is 115 Å². The Balaban J connectivity index is 1.03. The van der Waals surface area contributed by atoms with Gasteiger partial charge < -0.3 is 20.2 Å². The minimum Gasteiger partial charge on any atom is -0.448 e. The molecule has 0 radical (unpaired) electrons. The number of ether oxygens (including phenoxy) is 1. The number of halogens is 1. The lowest BCUT2D eigenvalue weighted by atomic mass is 9.77. The first-order chi connectivity index (χ1) is 28.9. The van der Waals surface area contributed by atoms with Gasteiger partial charge in [0.2, 0.25) is 0 Å². The second-order valence-electron chi connectivity index (χ2n) is 13.7. The number of oxime groups is 1. The summed E-state index contributed by atoms with van der Waals surface area (Å²) in [6.07, 6.45) is -0.725. The first-order valence-electron chi connectivity index (χ1n) is 18.8. The fraction of sp³-hybridized carbons (Fsp3) is 0.152. The number of thioether (sulfide) groups is 1. The molecule has 1 fully saturated rings. The zero-order chi connectivity index (χ0) is 40.8. The number of rotatable bonds is 14. The molecule has 2 atom stereocenters. The molecule has 2 N–H and O–H groups in total. The van der Waals surface area contributed by atoms with E-state index >= 15 is 0 Å². The maximum Gasteiger partial charge on any atom is 0.356 e. The Morgan fingerprint density at radius 1 is 0.831 bits per heavy atom. The Morgan fingerprint density at radius 2 is 1.34 bits per heavy atom. The van der Waals surface area contributed by atoms with Crippen molar-refractivity contribution in [1.82, 2.24) is 15.2 Å². The molecule has 8 rings (SSSR count). The minimum absolute atomic E-state index is 0.0250. The zero-order valence-electron chi connectivity index (χ0n) is 31.7. The molecule has 0 saturated carbocycles. The van der Waals surface area contributed by atoms with Gasteiger partial charge in [-0.25, -0.2) is 9.78 Å². The second-order valence-corrected chi connectivity index (χ2v) is 15.9. The van der Waals surface area contributed by atoms with Gasteiger partial charge in [0.25, 0.3) is 11.8 Å². The molecule has 6 aromatic rings. The average Bonchev–Trinajstić information content (AvgIpc) is 3.76. The molecule has 296 valence electrons. The molecule has 59 heavy (non-hydrogen) atoms. The number of alkyl halides is 1. The number of benzene rings is 5. The zero-order valence-corrected chi connectivity index (χ0v) is 34.1. The number of nitrogens with one attached hydrogen (secondary N) is 2. The van der Waals surface area contributed by atoms with Gasteiger partial charge in [0, 0.05) is 17.0 Å². The normalized spacial score (nSPS) is 16.6. The number of esters is 1. The molecule has 13 heteroatoms. The van der Waals surface area contributed by atoms with E-state index in [1.165, 1.54) is 35.1 Å². The third-order valence-corrected chi connectivity index (χ3v) is 12.6. The topological polar surface area (TPSA) is 122 Å². The lowest BCUT2D eigenvalue weighted by Gasteiger charge is -2.49. The van der Waals surface area contributed by atoms with Gasteiger partial charge in [-0.2, -0.15) is 0 Å². The van der Waals surface area contributed by atoms with Crippen molar-refractivity contribution >= 4 is 63.3 Å². The number of nitrogens with zero attached hydrogens (tertiary/aromatic N) is 3. The standard InChI is InChI=1S/C46H38ClN5O5S2/c1-56-51-37(36-29-59-45(48-36)50-46(33-21-11-4-12-22-33,34-23-13-5-14-24-34)35-25-15-6-16-26-35)41(53)49-38-42(54)52-39(32(27-47)28-58-43(38)52)44(55)57-40(30-17-7-2-8-18-30)31-19-9-3-10-20-31/h2-26,29,38,40,43H,27-28H2,1H3,(H,48,50)(H,49,53)/b51-37-. The number of β-lactam (4-membered cyclic amide) rings is 1. The van der Waals surface area contributed by atoms with Crippen LogP contribution < -0.4 is 10.6 Å². The van der Waals surface area contributed by atoms with Crippen LogP contribution in [0.25, 0.3) is 0 Å². The molecule has 2 amide bonds. The summed E-state index contributed by atoms with van der Waals surface area (Å²) in [6.45, 7) is 0. The molecular weight excluding hydrogens is 802 g/mol. The smallest absolute Gasteiger partial charge is 0.356 e. The molecule has 2 aliphatic heterocycles. The molecule has 2 aliphatic rings. The summed E-state index contributed by atoms with van der Waals surface area (Å²) in [6, 6.07) is 48.1. The van der Waals surface area contributed by atoms with Gasteiger partial charge in [0.15, 0.2) is 16.9 Å². The van der Waals surface area contributed by atoms with Gasteiger partial charge in [0.05, 0.1) is 0 Å². The van der Waals surface area contributed by atoms with Crippen molar-refractivity contribution in [3.05, 3.63) is 202 Å². The van der Waals surface area contributed by atoms with E-state index in [1.54, 1.807) is 5.38 Å². The van der Waals surface area contributed by atoms with E-state index in [4.69, 9.17) is 26.2 Å². The van der Waals surface area contributed by atoms with Crippen LogP contribution in [0.1, 0.15) is 39.6 Å². The van der Waals surface area contributed by atoms with Crippen LogP contribution in [-0.2, 0) is 29.5 Å². The van der Waals surface area contributed by atoms with Crippen LogP contribution in [0.15, 0.2) is 173 Å². The van der Waals surface area contributed by atoms with E-state index in [9.17, 15) is 14.4 Å². The van der Waals surface area contributed by atoms with Crippen LogP contribution in [0.4, 0.5) is 5.13 Å². The van der Waals surface area contributed by atoms with Crippen molar-refractivity contribution < 1.29 is 24.0 Å². The number of aromatic nitrogens is 1. The molecule has 0 spiro atoms. The highest BCUT2D eigenvalue weighted by Gasteiger charge is 2.55. The highest BCUT2D eigenvalue weighted by Crippen LogP contribution is 2.43. The number of anilines is 1.